The summed E-state index contributed by atoms with van der Waals surface area (Å²) in [5, 5.41) is 9.77. The number of aliphatic carboxylic acids is 1. The highest BCUT2D eigenvalue weighted by Gasteiger charge is 2.03. The van der Waals surface area contributed by atoms with Gasteiger partial charge in [-0.15, -0.1) is 11.8 Å². The van der Waals surface area contributed by atoms with Crippen LogP contribution in [0.2, 0.25) is 0 Å². The van der Waals surface area contributed by atoms with Crippen LogP contribution in [0, 0.1) is 0 Å². The van der Waals surface area contributed by atoms with E-state index >= 15 is 0 Å². The number of fused-ring (bicyclic) bond motifs is 1. The van der Waals surface area contributed by atoms with Crippen molar-refractivity contribution in [1.29, 1.82) is 0 Å². The van der Waals surface area contributed by atoms with Gasteiger partial charge in [-0.25, -0.2) is 0 Å². The van der Waals surface area contributed by atoms with Gasteiger partial charge in [0.05, 0.1) is 0 Å². The second kappa shape index (κ2) is 5.77. The molecule has 0 aliphatic rings. The summed E-state index contributed by atoms with van der Waals surface area (Å²) in [7, 11) is 0. The van der Waals surface area contributed by atoms with Gasteiger partial charge in [-0.2, -0.15) is 0 Å². The molecule has 0 atom stereocenters. The standard InChI is InChI=1S/C13H15NO2S/c15-13(16)7-3-4-8-17-12-9-14-11-6-2-1-5-10(11)12/h1-2,5-6,9,14H,3-4,7-8H2,(H,15,16). The molecule has 2 rings (SSSR count). The van der Waals surface area contributed by atoms with Crippen LogP contribution < -0.4 is 0 Å². The molecule has 0 unspecified atom stereocenters. The summed E-state index contributed by atoms with van der Waals surface area (Å²) < 4.78 is 0. The molecule has 2 aromatic rings. The molecule has 3 nitrogen and oxygen atoms in total. The van der Waals surface area contributed by atoms with E-state index in [9.17, 15) is 4.79 Å². The van der Waals surface area contributed by atoms with Crippen LogP contribution >= 0.6 is 11.8 Å². The normalized spacial score (nSPS) is 10.8. The monoisotopic (exact) mass is 249 g/mol. The number of H-pyrrole nitrogens is 1. The van der Waals surface area contributed by atoms with Gasteiger partial charge in [-0.1, -0.05) is 18.2 Å². The zero-order chi connectivity index (χ0) is 12.1. The van der Waals surface area contributed by atoms with Crippen LogP contribution in [-0.2, 0) is 4.79 Å². The minimum absolute atomic E-state index is 0.272. The summed E-state index contributed by atoms with van der Waals surface area (Å²) in [4.78, 5) is 14.8. The molecule has 1 heterocycles. The molecule has 90 valence electrons. The van der Waals surface area contributed by atoms with Gasteiger partial charge < -0.3 is 10.1 Å². The Balaban J connectivity index is 1.85. The molecule has 0 aliphatic heterocycles. The summed E-state index contributed by atoms with van der Waals surface area (Å²) in [5.74, 6) is 0.261. The lowest BCUT2D eigenvalue weighted by Crippen LogP contribution is -1.94. The number of thioether (sulfide) groups is 1. The summed E-state index contributed by atoms with van der Waals surface area (Å²) in [6, 6.07) is 8.21. The van der Waals surface area contributed by atoms with Crippen LogP contribution in [0.3, 0.4) is 0 Å². The summed E-state index contributed by atoms with van der Waals surface area (Å²) >= 11 is 1.78. The third-order valence-electron chi connectivity index (χ3n) is 2.59. The molecular formula is C13H15NO2S. The first kappa shape index (κ1) is 12.0. The van der Waals surface area contributed by atoms with E-state index in [0.717, 1.165) is 24.1 Å². The Hall–Kier alpha value is -1.42. The molecule has 0 radical (unpaired) electrons. The Labute approximate surface area is 104 Å². The van der Waals surface area contributed by atoms with Crippen molar-refractivity contribution in [3.8, 4) is 0 Å². The van der Waals surface area contributed by atoms with Crippen molar-refractivity contribution < 1.29 is 9.90 Å². The molecule has 0 aliphatic carbocycles. The van der Waals surface area contributed by atoms with E-state index in [1.165, 1.54) is 10.3 Å². The van der Waals surface area contributed by atoms with E-state index in [2.05, 4.69) is 17.1 Å². The molecule has 0 saturated carbocycles. The van der Waals surface area contributed by atoms with Crippen molar-refractivity contribution in [3.63, 3.8) is 0 Å². The molecule has 17 heavy (non-hydrogen) atoms. The van der Waals surface area contributed by atoms with E-state index < -0.39 is 5.97 Å². The second-order valence-corrected chi connectivity index (χ2v) is 5.03. The van der Waals surface area contributed by atoms with Gasteiger partial charge in [0.15, 0.2) is 0 Å². The van der Waals surface area contributed by atoms with Crippen LogP contribution in [0.25, 0.3) is 10.9 Å². The number of rotatable bonds is 6. The smallest absolute Gasteiger partial charge is 0.303 e. The minimum Gasteiger partial charge on any atom is -0.481 e. The van der Waals surface area contributed by atoms with Crippen molar-refractivity contribution in [2.45, 2.75) is 24.2 Å². The Morgan fingerprint density at radius 1 is 1.29 bits per heavy atom. The number of para-hydroxylation sites is 1. The van der Waals surface area contributed by atoms with Crippen molar-refractivity contribution in [1.82, 2.24) is 4.98 Å². The predicted molar refractivity (Wildman–Crippen MR) is 70.5 cm³/mol. The van der Waals surface area contributed by atoms with Gasteiger partial charge in [0.2, 0.25) is 0 Å². The van der Waals surface area contributed by atoms with E-state index in [4.69, 9.17) is 5.11 Å². The first-order chi connectivity index (χ1) is 8.27. The number of carboxylic acid groups (broad SMARTS) is 1. The lowest BCUT2D eigenvalue weighted by atomic mass is 10.2. The molecule has 0 spiro atoms. The Kier molecular flexibility index (Phi) is 4.09. The highest BCUT2D eigenvalue weighted by Crippen LogP contribution is 2.28. The first-order valence-electron chi connectivity index (χ1n) is 5.68. The zero-order valence-corrected chi connectivity index (χ0v) is 10.3. The zero-order valence-electron chi connectivity index (χ0n) is 9.48. The molecule has 0 amide bonds. The maximum absolute atomic E-state index is 10.4. The lowest BCUT2D eigenvalue weighted by molar-refractivity contribution is -0.137. The molecular weight excluding hydrogens is 234 g/mol. The molecule has 0 bridgehead atoms. The Morgan fingerprint density at radius 2 is 2.12 bits per heavy atom. The molecule has 4 heteroatoms. The second-order valence-electron chi connectivity index (χ2n) is 3.90. The molecule has 1 aromatic carbocycles. The number of aromatic nitrogens is 1. The number of carboxylic acids is 1. The number of nitrogens with one attached hydrogen (secondary N) is 1. The fraction of sp³-hybridized carbons (Fsp3) is 0.308. The van der Waals surface area contributed by atoms with Crippen molar-refractivity contribution in [3.05, 3.63) is 30.5 Å². The van der Waals surface area contributed by atoms with Gasteiger partial charge >= 0.3 is 5.97 Å². The average Bonchev–Trinajstić information content (AvgIpc) is 2.72. The van der Waals surface area contributed by atoms with Crippen LogP contribution in [0.1, 0.15) is 19.3 Å². The Morgan fingerprint density at radius 3 is 2.94 bits per heavy atom. The molecule has 0 fully saturated rings. The van der Waals surface area contributed by atoms with Gasteiger partial charge in [0.25, 0.3) is 0 Å². The number of hydrogen-bond donors (Lipinski definition) is 2. The maximum Gasteiger partial charge on any atom is 0.303 e. The number of carbonyl (C=O) groups is 1. The third kappa shape index (κ3) is 3.27. The number of hydrogen-bond acceptors (Lipinski definition) is 2. The topological polar surface area (TPSA) is 53.1 Å². The SMILES string of the molecule is O=C(O)CCCCSc1c[nH]c2ccccc12. The summed E-state index contributed by atoms with van der Waals surface area (Å²) in [5.41, 5.74) is 1.15. The van der Waals surface area contributed by atoms with E-state index in [1.807, 2.05) is 18.3 Å². The lowest BCUT2D eigenvalue weighted by Gasteiger charge is -1.99. The molecule has 1 aromatic heterocycles. The first-order valence-corrected chi connectivity index (χ1v) is 6.66. The molecule has 0 saturated heterocycles. The quantitative estimate of drug-likeness (QED) is 0.608. The predicted octanol–water partition coefficient (Wildman–Crippen LogP) is 3.51. The van der Waals surface area contributed by atoms with Gasteiger partial charge in [0.1, 0.15) is 0 Å². The van der Waals surface area contributed by atoms with Crippen LogP contribution in [-0.4, -0.2) is 21.8 Å². The number of unbranched alkanes of at least 4 members (excludes halogenated alkanes) is 1. The van der Waals surface area contributed by atoms with Gasteiger partial charge in [0, 0.05) is 28.4 Å². The van der Waals surface area contributed by atoms with Crippen molar-refractivity contribution in [2.24, 2.45) is 0 Å². The van der Waals surface area contributed by atoms with Gasteiger partial charge in [-0.05, 0) is 24.7 Å². The van der Waals surface area contributed by atoms with E-state index in [1.54, 1.807) is 11.8 Å². The maximum atomic E-state index is 10.4. The summed E-state index contributed by atoms with van der Waals surface area (Å²) in [6.07, 6.45) is 3.99. The highest BCUT2D eigenvalue weighted by molar-refractivity contribution is 7.99. The Bertz CT molecular complexity index is 507. The minimum atomic E-state index is -0.706. The largest absolute Gasteiger partial charge is 0.481 e. The number of aromatic amines is 1. The van der Waals surface area contributed by atoms with Crippen molar-refractivity contribution in [2.75, 3.05) is 5.75 Å². The fourth-order valence-corrected chi connectivity index (χ4v) is 2.77. The van der Waals surface area contributed by atoms with Crippen LogP contribution in [0.5, 0.6) is 0 Å². The van der Waals surface area contributed by atoms with Gasteiger partial charge in [-0.3, -0.25) is 4.79 Å². The average molecular weight is 249 g/mol. The molecule has 2 N–H and O–H groups in total. The third-order valence-corrected chi connectivity index (χ3v) is 3.74. The van der Waals surface area contributed by atoms with Crippen LogP contribution in [0.15, 0.2) is 35.4 Å². The van der Waals surface area contributed by atoms with Crippen LogP contribution in [0.4, 0.5) is 0 Å². The summed E-state index contributed by atoms with van der Waals surface area (Å²) in [6.45, 7) is 0. The van der Waals surface area contributed by atoms with Crippen molar-refractivity contribution >= 4 is 28.6 Å². The van der Waals surface area contributed by atoms with E-state index in [0.29, 0.717) is 0 Å². The fourth-order valence-electron chi connectivity index (χ4n) is 1.72. The highest BCUT2D eigenvalue weighted by atomic mass is 32.2. The number of benzene rings is 1. The van der Waals surface area contributed by atoms with E-state index in [-0.39, 0.29) is 6.42 Å².